The number of para-hydroxylation sites is 1. The highest BCUT2D eigenvalue weighted by molar-refractivity contribution is 7.89. The predicted octanol–water partition coefficient (Wildman–Crippen LogP) is 5.34. The topological polar surface area (TPSA) is 110 Å². The Morgan fingerprint density at radius 1 is 1.00 bits per heavy atom. The van der Waals surface area contributed by atoms with Crippen molar-refractivity contribution in [3.8, 4) is 0 Å². The Kier molecular flexibility index (Phi) is 6.29. The highest BCUT2D eigenvalue weighted by Crippen LogP contribution is 2.37. The molecule has 2 aliphatic rings. The number of nitrogens with zero attached hydrogens (tertiary/aromatic N) is 2. The quantitative estimate of drug-likeness (QED) is 0.381. The average molecular weight is 494 g/mol. The molecule has 35 heavy (non-hydrogen) atoms. The fourth-order valence-electron chi connectivity index (χ4n) is 5.50. The number of hydrogen-bond acceptors (Lipinski definition) is 5. The number of sulfonamides is 1. The number of rotatable bonds is 5. The van der Waals surface area contributed by atoms with Crippen molar-refractivity contribution in [2.45, 2.75) is 49.5 Å². The second-order valence-corrected chi connectivity index (χ2v) is 11.3. The summed E-state index contributed by atoms with van der Waals surface area (Å²) >= 11 is 0. The second-order valence-electron chi connectivity index (χ2n) is 9.36. The molecule has 182 valence electrons. The maximum Gasteiger partial charge on any atom is 0.282 e. The van der Waals surface area contributed by atoms with Gasteiger partial charge in [0, 0.05) is 29.7 Å². The summed E-state index contributed by atoms with van der Waals surface area (Å²) in [6, 6.07) is 16.0. The zero-order chi connectivity index (χ0) is 24.6. The van der Waals surface area contributed by atoms with Gasteiger partial charge >= 0.3 is 0 Å². The van der Waals surface area contributed by atoms with E-state index < -0.39 is 20.9 Å². The van der Waals surface area contributed by atoms with Gasteiger partial charge in [0.05, 0.1) is 9.82 Å². The van der Waals surface area contributed by atoms with E-state index in [1.807, 2.05) is 0 Å². The van der Waals surface area contributed by atoms with E-state index in [4.69, 9.17) is 0 Å². The highest BCUT2D eigenvalue weighted by Gasteiger charge is 2.36. The standard InChI is InChI=1S/C26H27N3O5S/c30-26(23-10-1-2-12-25(23)29(31)32)27-24-11-4-8-19-17-21(13-14-22(19)24)35(33,34)28-15-5-7-18-6-3-9-20(28)16-18/h1-2,4,8,10-14,17-18,20H,3,5-7,9,15-16H2,(H,27,30). The van der Waals surface area contributed by atoms with Crippen LogP contribution in [0.5, 0.6) is 0 Å². The molecule has 2 atom stereocenters. The van der Waals surface area contributed by atoms with E-state index in [2.05, 4.69) is 5.32 Å². The molecule has 3 aromatic rings. The Morgan fingerprint density at radius 2 is 1.80 bits per heavy atom. The Hall–Kier alpha value is -3.30. The summed E-state index contributed by atoms with van der Waals surface area (Å²) in [5, 5.41) is 15.4. The van der Waals surface area contributed by atoms with Crippen molar-refractivity contribution < 1.29 is 18.1 Å². The average Bonchev–Trinajstić information content (AvgIpc) is 3.01. The SMILES string of the molecule is O=C(Nc1cccc2cc(S(=O)(=O)N3CCCC4CCCC3C4)ccc12)c1ccccc1[N+](=O)[O-]. The predicted molar refractivity (Wildman–Crippen MR) is 134 cm³/mol. The first-order valence-corrected chi connectivity index (χ1v) is 13.4. The number of carbonyl (C=O) groups is 1. The molecular formula is C26H27N3O5S. The minimum Gasteiger partial charge on any atom is -0.321 e. The third-order valence-electron chi connectivity index (χ3n) is 7.21. The Labute approximate surface area is 204 Å². The molecule has 8 nitrogen and oxygen atoms in total. The number of nitrogens with one attached hydrogen (secondary N) is 1. The molecule has 2 fully saturated rings. The molecule has 3 aromatic carbocycles. The number of anilines is 1. The van der Waals surface area contributed by atoms with Gasteiger partial charge < -0.3 is 5.32 Å². The first-order chi connectivity index (χ1) is 16.8. The zero-order valence-corrected chi connectivity index (χ0v) is 20.0. The van der Waals surface area contributed by atoms with Gasteiger partial charge in [-0.3, -0.25) is 14.9 Å². The van der Waals surface area contributed by atoms with Crippen LogP contribution in [0.1, 0.15) is 48.9 Å². The third-order valence-corrected chi connectivity index (χ3v) is 9.15. The summed E-state index contributed by atoms with van der Waals surface area (Å²) in [4.78, 5) is 23.8. The van der Waals surface area contributed by atoms with Gasteiger partial charge in [0.1, 0.15) is 5.56 Å². The lowest BCUT2D eigenvalue weighted by atomic mass is 9.84. The van der Waals surface area contributed by atoms with Gasteiger partial charge in [0.15, 0.2) is 0 Å². The Bertz CT molecular complexity index is 1410. The van der Waals surface area contributed by atoms with E-state index in [1.165, 1.54) is 24.6 Å². The van der Waals surface area contributed by atoms with Crippen LogP contribution in [0.15, 0.2) is 65.6 Å². The first kappa shape index (κ1) is 23.4. The van der Waals surface area contributed by atoms with Crippen molar-refractivity contribution in [2.75, 3.05) is 11.9 Å². The van der Waals surface area contributed by atoms with E-state index in [0.717, 1.165) is 32.1 Å². The molecule has 1 saturated heterocycles. The van der Waals surface area contributed by atoms with Crippen molar-refractivity contribution in [2.24, 2.45) is 5.92 Å². The van der Waals surface area contributed by atoms with E-state index in [0.29, 0.717) is 28.9 Å². The number of benzene rings is 3. The van der Waals surface area contributed by atoms with Crippen molar-refractivity contribution >= 4 is 38.1 Å². The van der Waals surface area contributed by atoms with E-state index >= 15 is 0 Å². The van der Waals surface area contributed by atoms with Crippen molar-refractivity contribution in [3.05, 3.63) is 76.3 Å². The van der Waals surface area contributed by atoms with Crippen LogP contribution in [-0.4, -0.2) is 36.1 Å². The molecule has 2 unspecified atom stereocenters. The maximum absolute atomic E-state index is 13.6. The number of nitro groups is 1. The minimum atomic E-state index is -3.65. The van der Waals surface area contributed by atoms with E-state index in [9.17, 15) is 23.3 Å². The van der Waals surface area contributed by atoms with Gasteiger partial charge in [-0.25, -0.2) is 8.42 Å². The molecule has 1 aliphatic carbocycles. The van der Waals surface area contributed by atoms with E-state index in [-0.39, 0.29) is 22.2 Å². The van der Waals surface area contributed by atoms with Gasteiger partial charge in [-0.05, 0) is 61.3 Å². The van der Waals surface area contributed by atoms with Crippen LogP contribution in [0.2, 0.25) is 0 Å². The molecule has 0 radical (unpaired) electrons. The maximum atomic E-state index is 13.6. The summed E-state index contributed by atoms with van der Waals surface area (Å²) in [5.74, 6) is 0.0232. The second kappa shape index (κ2) is 9.39. The lowest BCUT2D eigenvalue weighted by Gasteiger charge is -2.33. The van der Waals surface area contributed by atoms with Crippen LogP contribution in [0, 0.1) is 16.0 Å². The number of fused-ring (bicyclic) bond motifs is 3. The van der Waals surface area contributed by atoms with Crippen LogP contribution in [0.3, 0.4) is 0 Å². The fourth-order valence-corrected chi connectivity index (χ4v) is 7.24. The lowest BCUT2D eigenvalue weighted by Crippen LogP contribution is -2.41. The molecule has 1 saturated carbocycles. The fraction of sp³-hybridized carbons (Fsp3) is 0.346. The molecule has 2 bridgehead atoms. The number of amides is 1. The molecule has 0 spiro atoms. The lowest BCUT2D eigenvalue weighted by molar-refractivity contribution is -0.385. The van der Waals surface area contributed by atoms with Crippen LogP contribution in [-0.2, 0) is 10.0 Å². The Morgan fingerprint density at radius 3 is 2.63 bits per heavy atom. The molecule has 5 rings (SSSR count). The molecule has 1 amide bonds. The molecule has 1 aliphatic heterocycles. The molecule has 9 heteroatoms. The molecule has 0 aromatic heterocycles. The van der Waals surface area contributed by atoms with Crippen LogP contribution >= 0.6 is 0 Å². The largest absolute Gasteiger partial charge is 0.321 e. The molecule has 1 heterocycles. The summed E-state index contributed by atoms with van der Waals surface area (Å²) < 4.78 is 29.0. The molecule has 1 N–H and O–H groups in total. The summed E-state index contributed by atoms with van der Waals surface area (Å²) in [5.41, 5.74) is 0.140. The molecular weight excluding hydrogens is 466 g/mol. The Balaban J connectivity index is 1.45. The number of carbonyl (C=O) groups excluding carboxylic acids is 1. The first-order valence-electron chi connectivity index (χ1n) is 11.9. The van der Waals surface area contributed by atoms with Crippen LogP contribution < -0.4 is 5.32 Å². The van der Waals surface area contributed by atoms with Gasteiger partial charge in [-0.1, -0.05) is 43.2 Å². The van der Waals surface area contributed by atoms with E-state index in [1.54, 1.807) is 46.8 Å². The monoisotopic (exact) mass is 493 g/mol. The minimum absolute atomic E-state index is 0.0411. The van der Waals surface area contributed by atoms with Gasteiger partial charge in [-0.2, -0.15) is 4.31 Å². The van der Waals surface area contributed by atoms with Gasteiger partial charge in [0.2, 0.25) is 10.0 Å². The van der Waals surface area contributed by atoms with Gasteiger partial charge in [-0.15, -0.1) is 0 Å². The summed E-state index contributed by atoms with van der Waals surface area (Å²) in [6.45, 7) is 0.549. The number of nitro benzene ring substituents is 1. The number of hydrogen-bond donors (Lipinski definition) is 1. The van der Waals surface area contributed by atoms with Crippen LogP contribution in [0.25, 0.3) is 10.8 Å². The van der Waals surface area contributed by atoms with Crippen molar-refractivity contribution in [1.82, 2.24) is 4.31 Å². The normalized spacial score (nSPS) is 20.8. The highest BCUT2D eigenvalue weighted by atomic mass is 32.2. The van der Waals surface area contributed by atoms with Gasteiger partial charge in [0.25, 0.3) is 11.6 Å². The zero-order valence-electron chi connectivity index (χ0n) is 19.2. The van der Waals surface area contributed by atoms with Crippen molar-refractivity contribution in [1.29, 1.82) is 0 Å². The van der Waals surface area contributed by atoms with Crippen LogP contribution in [0.4, 0.5) is 11.4 Å². The van der Waals surface area contributed by atoms with Crippen molar-refractivity contribution in [3.63, 3.8) is 0 Å². The third kappa shape index (κ3) is 4.53. The summed E-state index contributed by atoms with van der Waals surface area (Å²) in [6.07, 6.45) is 6.08. The summed E-state index contributed by atoms with van der Waals surface area (Å²) in [7, 11) is -3.65. The smallest absolute Gasteiger partial charge is 0.282 e.